The molecule has 2 heteroatoms. The minimum atomic E-state index is -0.353. The molecule has 0 aliphatic heterocycles. The molecule has 0 spiro atoms. The quantitative estimate of drug-likeness (QED) is 0.594. The van der Waals surface area contributed by atoms with Gasteiger partial charge in [-0.25, -0.2) is 4.79 Å². The van der Waals surface area contributed by atoms with Crippen molar-refractivity contribution in [1.82, 2.24) is 0 Å². The van der Waals surface area contributed by atoms with Gasteiger partial charge >= 0.3 is 5.97 Å². The molecule has 0 aliphatic rings. The SMILES string of the molecule is C=C(C)C(=O)OCc1ccc(-c2ccc(CC)cc2)cc1. The van der Waals surface area contributed by atoms with Crippen molar-refractivity contribution in [2.45, 2.75) is 26.9 Å². The van der Waals surface area contributed by atoms with Gasteiger partial charge in [-0.15, -0.1) is 0 Å². The van der Waals surface area contributed by atoms with E-state index in [0.717, 1.165) is 17.5 Å². The summed E-state index contributed by atoms with van der Waals surface area (Å²) in [6.45, 7) is 7.63. The first-order chi connectivity index (χ1) is 10.1. The first-order valence-electron chi connectivity index (χ1n) is 7.11. The van der Waals surface area contributed by atoms with E-state index < -0.39 is 0 Å². The molecular formula is C19H20O2. The van der Waals surface area contributed by atoms with Gasteiger partial charge in [0.25, 0.3) is 0 Å². The summed E-state index contributed by atoms with van der Waals surface area (Å²) in [5.41, 5.74) is 5.08. The van der Waals surface area contributed by atoms with E-state index >= 15 is 0 Å². The van der Waals surface area contributed by atoms with Gasteiger partial charge in [0, 0.05) is 5.57 Å². The summed E-state index contributed by atoms with van der Waals surface area (Å²) in [6.07, 6.45) is 1.05. The average Bonchev–Trinajstić information content (AvgIpc) is 2.53. The first kappa shape index (κ1) is 15.0. The monoisotopic (exact) mass is 280 g/mol. The third kappa shape index (κ3) is 4.06. The lowest BCUT2D eigenvalue weighted by atomic mass is 10.0. The van der Waals surface area contributed by atoms with E-state index in [-0.39, 0.29) is 12.6 Å². The smallest absolute Gasteiger partial charge is 0.333 e. The fourth-order valence-electron chi connectivity index (χ4n) is 2.00. The Morgan fingerprint density at radius 2 is 1.43 bits per heavy atom. The number of benzene rings is 2. The highest BCUT2D eigenvalue weighted by atomic mass is 16.5. The summed E-state index contributed by atoms with van der Waals surface area (Å²) in [5.74, 6) is -0.353. The van der Waals surface area contributed by atoms with Crippen molar-refractivity contribution in [2.75, 3.05) is 0 Å². The Morgan fingerprint density at radius 3 is 1.86 bits per heavy atom. The topological polar surface area (TPSA) is 26.3 Å². The van der Waals surface area contributed by atoms with Crippen LogP contribution in [0, 0.1) is 0 Å². The number of ether oxygens (including phenoxy) is 1. The Hall–Kier alpha value is -2.35. The highest BCUT2D eigenvalue weighted by Gasteiger charge is 2.04. The first-order valence-corrected chi connectivity index (χ1v) is 7.11. The molecule has 0 fully saturated rings. The van der Waals surface area contributed by atoms with Crippen LogP contribution in [0.1, 0.15) is 25.0 Å². The molecule has 108 valence electrons. The number of carbonyl (C=O) groups is 1. The molecular weight excluding hydrogens is 260 g/mol. The van der Waals surface area contributed by atoms with Crippen molar-refractivity contribution in [3.05, 3.63) is 71.8 Å². The fourth-order valence-corrected chi connectivity index (χ4v) is 2.00. The molecule has 0 amide bonds. The van der Waals surface area contributed by atoms with Crippen molar-refractivity contribution >= 4 is 5.97 Å². The maximum absolute atomic E-state index is 11.3. The van der Waals surface area contributed by atoms with Crippen molar-refractivity contribution in [3.63, 3.8) is 0 Å². The molecule has 0 atom stereocenters. The molecule has 2 aromatic carbocycles. The van der Waals surface area contributed by atoms with Gasteiger partial charge in [-0.3, -0.25) is 0 Å². The minimum absolute atomic E-state index is 0.279. The maximum atomic E-state index is 11.3. The molecule has 21 heavy (non-hydrogen) atoms. The van der Waals surface area contributed by atoms with Crippen LogP contribution in [0.15, 0.2) is 60.7 Å². The molecule has 0 N–H and O–H groups in total. The van der Waals surface area contributed by atoms with Crippen LogP contribution < -0.4 is 0 Å². The average molecular weight is 280 g/mol. The molecule has 0 aromatic heterocycles. The highest BCUT2D eigenvalue weighted by Crippen LogP contribution is 2.21. The normalized spacial score (nSPS) is 10.2. The van der Waals surface area contributed by atoms with E-state index in [1.54, 1.807) is 6.92 Å². The summed E-state index contributed by atoms with van der Waals surface area (Å²) in [7, 11) is 0. The van der Waals surface area contributed by atoms with E-state index in [4.69, 9.17) is 4.74 Å². The van der Waals surface area contributed by atoms with E-state index in [1.807, 2.05) is 24.3 Å². The van der Waals surface area contributed by atoms with Crippen molar-refractivity contribution < 1.29 is 9.53 Å². The molecule has 2 aromatic rings. The summed E-state index contributed by atoms with van der Waals surface area (Å²) in [6, 6.07) is 16.6. The predicted octanol–water partition coefficient (Wildman–Crippen LogP) is 4.54. The van der Waals surface area contributed by atoms with E-state index in [0.29, 0.717) is 5.57 Å². The fraction of sp³-hybridized carbons (Fsp3) is 0.211. The molecule has 0 aliphatic carbocycles. The van der Waals surface area contributed by atoms with Gasteiger partial charge in [-0.05, 0) is 35.6 Å². The van der Waals surface area contributed by atoms with Gasteiger partial charge in [0.05, 0.1) is 0 Å². The number of esters is 1. The highest BCUT2D eigenvalue weighted by molar-refractivity contribution is 5.86. The van der Waals surface area contributed by atoms with Gasteiger partial charge in [0.2, 0.25) is 0 Å². The molecule has 2 nitrogen and oxygen atoms in total. The molecule has 0 bridgehead atoms. The molecule has 0 saturated carbocycles. The lowest BCUT2D eigenvalue weighted by Gasteiger charge is -2.07. The van der Waals surface area contributed by atoms with E-state index in [9.17, 15) is 4.79 Å². The van der Waals surface area contributed by atoms with E-state index in [1.165, 1.54) is 11.1 Å². The van der Waals surface area contributed by atoms with Gasteiger partial charge in [0.15, 0.2) is 0 Å². The Morgan fingerprint density at radius 1 is 0.952 bits per heavy atom. The van der Waals surface area contributed by atoms with Crippen LogP contribution in [-0.2, 0) is 22.6 Å². The summed E-state index contributed by atoms with van der Waals surface area (Å²) in [4.78, 5) is 11.3. The lowest BCUT2D eigenvalue weighted by molar-refractivity contribution is -0.140. The van der Waals surface area contributed by atoms with Crippen LogP contribution >= 0.6 is 0 Å². The minimum Gasteiger partial charge on any atom is -0.457 e. The number of hydrogen-bond donors (Lipinski definition) is 0. The summed E-state index contributed by atoms with van der Waals surface area (Å²) >= 11 is 0. The van der Waals surface area contributed by atoms with Crippen LogP contribution in [0.3, 0.4) is 0 Å². The lowest BCUT2D eigenvalue weighted by Crippen LogP contribution is -2.04. The van der Waals surface area contributed by atoms with Gasteiger partial charge in [-0.1, -0.05) is 62.0 Å². The summed E-state index contributed by atoms with van der Waals surface area (Å²) < 4.78 is 5.13. The second kappa shape index (κ2) is 6.89. The largest absolute Gasteiger partial charge is 0.457 e. The zero-order valence-electron chi connectivity index (χ0n) is 12.6. The number of hydrogen-bond acceptors (Lipinski definition) is 2. The van der Waals surface area contributed by atoms with Gasteiger partial charge in [0.1, 0.15) is 6.61 Å². The zero-order chi connectivity index (χ0) is 15.2. The second-order valence-electron chi connectivity index (χ2n) is 5.10. The third-order valence-corrected chi connectivity index (χ3v) is 3.37. The van der Waals surface area contributed by atoms with Crippen LogP contribution in [0.2, 0.25) is 0 Å². The van der Waals surface area contributed by atoms with Crippen molar-refractivity contribution in [3.8, 4) is 11.1 Å². The third-order valence-electron chi connectivity index (χ3n) is 3.37. The zero-order valence-corrected chi connectivity index (χ0v) is 12.6. The van der Waals surface area contributed by atoms with Crippen LogP contribution in [0.4, 0.5) is 0 Å². The molecule has 0 saturated heterocycles. The van der Waals surface area contributed by atoms with Crippen molar-refractivity contribution in [2.24, 2.45) is 0 Å². The predicted molar refractivity (Wildman–Crippen MR) is 85.9 cm³/mol. The Bertz CT molecular complexity index is 622. The number of aryl methyl sites for hydroxylation is 1. The number of carbonyl (C=O) groups excluding carboxylic acids is 1. The van der Waals surface area contributed by atoms with E-state index in [2.05, 4.69) is 37.8 Å². The second-order valence-corrected chi connectivity index (χ2v) is 5.10. The van der Waals surface area contributed by atoms with Crippen LogP contribution in [0.25, 0.3) is 11.1 Å². The Kier molecular flexibility index (Phi) is 4.94. The molecule has 0 radical (unpaired) electrons. The molecule has 0 heterocycles. The number of rotatable bonds is 5. The summed E-state index contributed by atoms with van der Waals surface area (Å²) in [5, 5.41) is 0. The van der Waals surface area contributed by atoms with Crippen LogP contribution in [-0.4, -0.2) is 5.97 Å². The van der Waals surface area contributed by atoms with Crippen molar-refractivity contribution in [1.29, 1.82) is 0 Å². The molecule has 2 rings (SSSR count). The molecule has 0 unspecified atom stereocenters. The van der Waals surface area contributed by atoms with Gasteiger partial charge in [-0.2, -0.15) is 0 Å². The van der Waals surface area contributed by atoms with Crippen LogP contribution in [0.5, 0.6) is 0 Å². The Labute approximate surface area is 126 Å². The maximum Gasteiger partial charge on any atom is 0.333 e. The van der Waals surface area contributed by atoms with Gasteiger partial charge < -0.3 is 4.74 Å². The Balaban J connectivity index is 2.04. The standard InChI is InChI=1S/C19H20O2/c1-4-15-5-9-17(10-6-15)18-11-7-16(8-12-18)13-21-19(20)14(2)3/h5-12H,2,4,13H2,1,3H3.